The molecule has 3 unspecified atom stereocenters. The molecule has 8 rings (SSSR count). The fourth-order valence-electron chi connectivity index (χ4n) is 7.93. The number of aryl methyl sites for hydroxylation is 1. The van der Waals surface area contributed by atoms with Crippen molar-refractivity contribution in [2.75, 3.05) is 0 Å². The number of aromatic nitrogens is 2. The average Bonchev–Trinajstić information content (AvgIpc) is 3.57. The van der Waals surface area contributed by atoms with Crippen molar-refractivity contribution in [3.63, 3.8) is 0 Å². The van der Waals surface area contributed by atoms with E-state index in [9.17, 15) is 10.5 Å². The van der Waals surface area contributed by atoms with Crippen LogP contribution in [0.2, 0.25) is 0 Å². The summed E-state index contributed by atoms with van der Waals surface area (Å²) in [4.78, 5) is 0. The summed E-state index contributed by atoms with van der Waals surface area (Å²) >= 11 is 0. The van der Waals surface area contributed by atoms with Crippen molar-refractivity contribution in [2.45, 2.75) is 39.0 Å². The highest BCUT2D eigenvalue weighted by Gasteiger charge is 2.37. The quantitative estimate of drug-likeness (QED) is 0.253. The van der Waals surface area contributed by atoms with Gasteiger partial charge in [0.15, 0.2) is 0 Å². The van der Waals surface area contributed by atoms with Crippen LogP contribution >= 0.6 is 0 Å². The summed E-state index contributed by atoms with van der Waals surface area (Å²) in [6, 6.07) is 22.5. The Morgan fingerprint density at radius 1 is 0.814 bits per heavy atom. The van der Waals surface area contributed by atoms with Crippen molar-refractivity contribution >= 4 is 45.4 Å². The fourth-order valence-corrected chi connectivity index (χ4v) is 7.93. The Kier molecular flexibility index (Phi) is 5.99. The topological polar surface area (TPSA) is 57.4 Å². The Bertz CT molecular complexity index is 2100. The first-order valence-electron chi connectivity index (χ1n) is 15.4. The third-order valence-corrected chi connectivity index (χ3v) is 9.87. The molecule has 0 saturated heterocycles. The zero-order valence-corrected chi connectivity index (χ0v) is 24.3. The van der Waals surface area contributed by atoms with Gasteiger partial charge >= 0.3 is 0 Å². The third kappa shape index (κ3) is 3.80. The highest BCUT2D eigenvalue weighted by atomic mass is 15.0. The standard InChI is InChI=1S/C39H32N4/c1-25-27(24-41)19-21-38(43-35-16-8-4-12-30(35)31-13-5-9-17-36(31)43)39(25)32-22-26(23-40)18-20-37(32)42-33-14-6-2-10-28(33)29-11-3-7-15-34(29)42/h2,4-8,10,12-16,18-21,25-26,39H,3,9,11,17,22H2,1H3. The lowest BCUT2D eigenvalue weighted by Gasteiger charge is -2.36. The van der Waals surface area contributed by atoms with Gasteiger partial charge in [-0.3, -0.25) is 0 Å². The summed E-state index contributed by atoms with van der Waals surface area (Å²) in [6.45, 7) is 2.19. The first-order chi connectivity index (χ1) is 21.2. The van der Waals surface area contributed by atoms with Gasteiger partial charge < -0.3 is 9.13 Å². The van der Waals surface area contributed by atoms with E-state index in [1.54, 1.807) is 0 Å². The van der Waals surface area contributed by atoms with Crippen molar-refractivity contribution < 1.29 is 0 Å². The zero-order valence-electron chi connectivity index (χ0n) is 24.3. The maximum Gasteiger partial charge on any atom is 0.0950 e. The van der Waals surface area contributed by atoms with Gasteiger partial charge in [0.25, 0.3) is 0 Å². The average molecular weight is 557 g/mol. The van der Waals surface area contributed by atoms with Crippen LogP contribution in [0, 0.1) is 40.4 Å². The van der Waals surface area contributed by atoms with E-state index in [4.69, 9.17) is 0 Å². The van der Waals surface area contributed by atoms with Gasteiger partial charge in [0.05, 0.1) is 29.1 Å². The van der Waals surface area contributed by atoms with Crippen LogP contribution in [0.25, 0.3) is 45.4 Å². The first-order valence-corrected chi connectivity index (χ1v) is 15.4. The van der Waals surface area contributed by atoms with Crippen LogP contribution in [-0.2, 0) is 12.8 Å². The predicted molar refractivity (Wildman–Crippen MR) is 175 cm³/mol. The van der Waals surface area contributed by atoms with Crippen LogP contribution in [0.5, 0.6) is 0 Å². The predicted octanol–water partition coefficient (Wildman–Crippen LogP) is 9.08. The summed E-state index contributed by atoms with van der Waals surface area (Å²) in [7, 11) is 0. The molecule has 0 saturated carbocycles. The molecule has 4 aliphatic carbocycles. The molecule has 208 valence electrons. The van der Waals surface area contributed by atoms with Crippen LogP contribution in [0.3, 0.4) is 0 Å². The summed E-state index contributed by atoms with van der Waals surface area (Å²) < 4.78 is 4.91. The molecule has 4 nitrogen and oxygen atoms in total. The molecule has 0 radical (unpaired) electrons. The van der Waals surface area contributed by atoms with Crippen molar-refractivity contribution in [1.82, 2.24) is 9.13 Å². The van der Waals surface area contributed by atoms with Crippen LogP contribution in [0.4, 0.5) is 0 Å². The Labute approximate surface area is 252 Å². The van der Waals surface area contributed by atoms with Crippen LogP contribution < -0.4 is 0 Å². The Hall–Kier alpha value is -5.06. The second-order valence-corrected chi connectivity index (χ2v) is 12.1. The number of fused-ring (bicyclic) bond motifs is 6. The number of allylic oxidation sites excluding steroid dienone is 10. The SMILES string of the molecule is CC1C(C#N)=CC=C(n2c3c(c4ccccc42)C=CCC3)C1C1=C(n2c3c(c4ccccc42)CCC=C3)C=CC(C#N)C1. The van der Waals surface area contributed by atoms with E-state index < -0.39 is 0 Å². The Morgan fingerprint density at radius 3 is 2.37 bits per heavy atom. The Morgan fingerprint density at radius 2 is 1.56 bits per heavy atom. The maximum atomic E-state index is 10.2. The zero-order chi connectivity index (χ0) is 29.1. The minimum atomic E-state index is -0.213. The normalized spacial score (nSPS) is 22.6. The number of benzene rings is 2. The monoisotopic (exact) mass is 556 g/mol. The smallest absolute Gasteiger partial charge is 0.0950 e. The van der Waals surface area contributed by atoms with E-state index in [0.717, 1.165) is 37.0 Å². The van der Waals surface area contributed by atoms with Gasteiger partial charge in [0, 0.05) is 56.5 Å². The largest absolute Gasteiger partial charge is 0.316 e. The van der Waals surface area contributed by atoms with Gasteiger partial charge in [0.1, 0.15) is 0 Å². The van der Waals surface area contributed by atoms with Gasteiger partial charge in [-0.1, -0.05) is 67.6 Å². The molecule has 2 aromatic carbocycles. The Balaban J connectivity index is 1.43. The summed E-state index contributed by atoms with van der Waals surface area (Å²) in [5.41, 5.74) is 12.0. The number of nitrogens with zero attached hydrogens (tertiary/aromatic N) is 4. The molecule has 0 spiro atoms. The lowest BCUT2D eigenvalue weighted by atomic mass is 9.72. The molecule has 3 atom stereocenters. The van der Waals surface area contributed by atoms with E-state index in [0.29, 0.717) is 6.42 Å². The first kappa shape index (κ1) is 25.6. The number of nitriles is 2. The van der Waals surface area contributed by atoms with Gasteiger partial charge in [-0.15, -0.1) is 0 Å². The molecule has 0 bridgehead atoms. The molecule has 2 heterocycles. The lowest BCUT2D eigenvalue weighted by Crippen LogP contribution is -2.27. The van der Waals surface area contributed by atoms with E-state index in [1.165, 1.54) is 55.6 Å². The number of hydrogen-bond acceptors (Lipinski definition) is 2. The van der Waals surface area contributed by atoms with Gasteiger partial charge in [0.2, 0.25) is 0 Å². The molecule has 4 aromatic rings. The maximum absolute atomic E-state index is 10.2. The summed E-state index contributed by atoms with van der Waals surface area (Å²) in [5, 5.41) is 23.0. The van der Waals surface area contributed by atoms with Crippen molar-refractivity contribution in [2.24, 2.45) is 17.8 Å². The van der Waals surface area contributed by atoms with Gasteiger partial charge in [-0.25, -0.2) is 0 Å². The second-order valence-electron chi connectivity index (χ2n) is 12.1. The molecule has 0 fully saturated rings. The minimum Gasteiger partial charge on any atom is -0.316 e. The molecule has 4 aliphatic rings. The molecule has 4 heteroatoms. The van der Waals surface area contributed by atoms with Gasteiger partial charge in [-0.05, 0) is 79.7 Å². The summed E-state index contributed by atoms with van der Waals surface area (Å²) in [6.07, 6.45) is 22.3. The van der Waals surface area contributed by atoms with E-state index >= 15 is 0 Å². The summed E-state index contributed by atoms with van der Waals surface area (Å²) in [5.74, 6) is -0.314. The van der Waals surface area contributed by atoms with Gasteiger partial charge in [-0.2, -0.15) is 10.5 Å². The molecular weight excluding hydrogens is 524 g/mol. The number of hydrogen-bond donors (Lipinski definition) is 0. The lowest BCUT2D eigenvalue weighted by molar-refractivity contribution is 0.525. The highest BCUT2D eigenvalue weighted by Crippen LogP contribution is 2.48. The van der Waals surface area contributed by atoms with Crippen molar-refractivity contribution in [3.8, 4) is 12.1 Å². The molecule has 43 heavy (non-hydrogen) atoms. The van der Waals surface area contributed by atoms with Crippen LogP contribution in [0.1, 0.15) is 48.7 Å². The highest BCUT2D eigenvalue weighted by molar-refractivity contribution is 5.96. The molecule has 0 aliphatic heterocycles. The molecule has 2 aromatic heterocycles. The second kappa shape index (κ2) is 10.0. The number of rotatable bonds is 3. The molecule has 0 N–H and O–H groups in total. The van der Waals surface area contributed by atoms with Crippen LogP contribution in [-0.4, -0.2) is 9.13 Å². The minimum absolute atomic E-state index is 0.0371. The van der Waals surface area contributed by atoms with Crippen LogP contribution in [0.15, 0.2) is 96.1 Å². The van der Waals surface area contributed by atoms with Crippen molar-refractivity contribution in [3.05, 3.63) is 119 Å². The van der Waals surface area contributed by atoms with Crippen molar-refractivity contribution in [1.29, 1.82) is 10.5 Å². The fraction of sp³-hybridized carbons (Fsp3) is 0.231. The van der Waals surface area contributed by atoms with E-state index in [-0.39, 0.29) is 17.8 Å². The molecular formula is C39H32N4. The number of para-hydroxylation sites is 2. The third-order valence-electron chi connectivity index (χ3n) is 9.87. The van der Waals surface area contributed by atoms with E-state index in [1.807, 2.05) is 6.08 Å². The molecule has 0 amide bonds. The van der Waals surface area contributed by atoms with E-state index in [2.05, 4.69) is 119 Å².